The number of benzene rings is 2. The third kappa shape index (κ3) is 19.2. The van der Waals surface area contributed by atoms with Gasteiger partial charge in [-0.3, -0.25) is 21.2 Å². The molecule has 3 heterocycles. The van der Waals surface area contributed by atoms with Crippen LogP contribution in [0.15, 0.2) is 104 Å². The van der Waals surface area contributed by atoms with Gasteiger partial charge in [0.25, 0.3) is 6.43 Å². The van der Waals surface area contributed by atoms with Crippen LogP contribution in [0.4, 0.5) is 8.78 Å². The second-order valence-electron chi connectivity index (χ2n) is 24.1. The number of alkyl halides is 2. The first-order valence-electron chi connectivity index (χ1n) is 29.8. The predicted molar refractivity (Wildman–Crippen MR) is 342 cm³/mol. The molecular formula is C69H110F2N8O. The van der Waals surface area contributed by atoms with Crippen molar-refractivity contribution in [2.45, 2.75) is 180 Å². The minimum absolute atomic E-state index is 0.00870. The van der Waals surface area contributed by atoms with E-state index in [4.69, 9.17) is 28.7 Å². The standard InChI is InChI=1S/C64H93F2N7O.2C2H6.CH5N/c1-19-73-58-27-25-50(37-56(58)57(38-62(11,12)41-74-20-2)60(73)54-23-21-31-68-59(54)43(5)6)51-33-49(34-52(36-51)61(65)66)35-55(45(8)63(13,14)29-22-32-69-67)47(10)70-46(9)53(42(3)4)26-24-48-39-72(40-48)44(7)28-30-64(15,16)71(17)18;3*1-2/h20-21,23,25,27,31,33-34,36-37,42-43,47-48,53,55,61,69-70H,2,7-9,19,22,24,26,29,32,35,38-41,67H2,1,3-6,10-18H3;2*1-2H3;2H2,1H3. The number of hydrazine groups is 1. The number of allylic oxidation sites excluding steroid dienone is 2. The molecule has 80 heavy (non-hydrogen) atoms. The number of rotatable bonds is 28. The number of likely N-dealkylation sites (tertiary alicyclic amines) is 1. The molecule has 9 nitrogen and oxygen atoms in total. The SMILES string of the molecule is C=COCC(C)(C)Cc1c(-c2cccnc2C(C)C)n(CC)c2ccc(-c3cc(CC(C(=C)C(C)(C)CCCNN)C(C)NC(=C)C(CCC4CN(C(=C)C#CC(C)(C)N(C)C)C4)C(C)C)cc(C(F)F)c3)cc12.CC.CC.CN. The monoisotopic (exact) mass is 1100 g/mol. The number of nitrogens with two attached hydrogens (primary N) is 2. The number of halogens is 2. The molecule has 3 unspecified atom stereocenters. The lowest BCUT2D eigenvalue weighted by Gasteiger charge is -2.42. The van der Waals surface area contributed by atoms with E-state index in [1.54, 1.807) is 12.1 Å². The molecule has 0 bridgehead atoms. The molecule has 0 amide bonds. The molecule has 1 saturated heterocycles. The summed E-state index contributed by atoms with van der Waals surface area (Å²) in [6.07, 6.45) is 5.81. The smallest absolute Gasteiger partial charge is 0.263 e. The highest BCUT2D eigenvalue weighted by atomic mass is 19.3. The van der Waals surface area contributed by atoms with Crippen LogP contribution in [0.3, 0.4) is 0 Å². The Labute approximate surface area is 486 Å². The van der Waals surface area contributed by atoms with Crippen LogP contribution < -0.4 is 22.3 Å². The van der Waals surface area contributed by atoms with Gasteiger partial charge >= 0.3 is 0 Å². The molecule has 4 aromatic rings. The minimum Gasteiger partial charge on any atom is -0.501 e. The Morgan fingerprint density at radius 2 is 1.57 bits per heavy atom. The van der Waals surface area contributed by atoms with Crippen LogP contribution in [0.2, 0.25) is 0 Å². The average Bonchev–Trinajstić information content (AvgIpc) is 3.72. The lowest BCUT2D eigenvalue weighted by atomic mass is 9.71. The fraction of sp³-hybridized carbons (Fsp3) is 0.580. The van der Waals surface area contributed by atoms with Crippen LogP contribution in [0.25, 0.3) is 33.3 Å². The Morgan fingerprint density at radius 3 is 2.14 bits per heavy atom. The highest BCUT2D eigenvalue weighted by Gasteiger charge is 2.34. The molecule has 0 aliphatic carbocycles. The number of nitrogens with zero attached hydrogens (tertiary/aromatic N) is 4. The summed E-state index contributed by atoms with van der Waals surface area (Å²) in [5.41, 5.74) is 17.7. The number of fused-ring (bicyclic) bond motifs is 1. The summed E-state index contributed by atoms with van der Waals surface area (Å²) in [5.74, 6) is 13.7. The molecule has 2 aromatic heterocycles. The van der Waals surface area contributed by atoms with Gasteiger partial charge in [-0.2, -0.15) is 0 Å². The minimum atomic E-state index is -2.65. The van der Waals surface area contributed by atoms with Gasteiger partial charge < -0.3 is 25.3 Å². The van der Waals surface area contributed by atoms with Crippen LogP contribution in [0, 0.1) is 46.3 Å². The first-order chi connectivity index (χ1) is 37.7. The zero-order valence-corrected chi connectivity index (χ0v) is 53.5. The van der Waals surface area contributed by atoms with Gasteiger partial charge in [-0.1, -0.05) is 139 Å². The molecule has 1 aliphatic rings. The lowest BCUT2D eigenvalue weighted by Crippen LogP contribution is -2.46. The summed E-state index contributed by atoms with van der Waals surface area (Å²) < 4.78 is 38.6. The van der Waals surface area contributed by atoms with Gasteiger partial charge in [0.1, 0.15) is 0 Å². The third-order valence-corrected chi connectivity index (χ3v) is 16.0. The topological polar surface area (TPSA) is 110 Å². The van der Waals surface area contributed by atoms with Crippen LogP contribution in [-0.4, -0.2) is 78.3 Å². The molecule has 0 saturated carbocycles. The van der Waals surface area contributed by atoms with Gasteiger partial charge in [0, 0.05) is 83.4 Å². The van der Waals surface area contributed by atoms with Gasteiger partial charge in [-0.15, -0.1) is 0 Å². The van der Waals surface area contributed by atoms with Gasteiger partial charge in [0.15, 0.2) is 0 Å². The summed E-state index contributed by atoms with van der Waals surface area (Å²) in [4.78, 5) is 9.30. The Kier molecular flexibility index (Phi) is 29.2. The fourth-order valence-corrected chi connectivity index (χ4v) is 10.8. The maximum Gasteiger partial charge on any atom is 0.263 e. The summed E-state index contributed by atoms with van der Waals surface area (Å²) in [5, 5.41) is 5.00. The van der Waals surface area contributed by atoms with Gasteiger partial charge in [0.05, 0.1) is 35.5 Å². The number of hydrogen-bond acceptors (Lipinski definition) is 8. The number of aryl methyl sites for hydroxylation is 1. The van der Waals surface area contributed by atoms with E-state index in [2.05, 4.69) is 169 Å². The van der Waals surface area contributed by atoms with Crippen molar-refractivity contribution in [2.75, 3.05) is 47.4 Å². The lowest BCUT2D eigenvalue weighted by molar-refractivity contribution is 0.133. The third-order valence-electron chi connectivity index (χ3n) is 16.0. The van der Waals surface area contributed by atoms with Crippen molar-refractivity contribution in [3.8, 4) is 34.2 Å². The Bertz CT molecular complexity index is 2640. The zero-order chi connectivity index (χ0) is 60.9. The van der Waals surface area contributed by atoms with E-state index in [1.165, 1.54) is 18.9 Å². The second kappa shape index (κ2) is 33.0. The number of pyridine rings is 1. The maximum absolute atomic E-state index is 15.2. The van der Waals surface area contributed by atoms with E-state index in [0.29, 0.717) is 37.8 Å². The molecule has 5 rings (SSSR count). The van der Waals surface area contributed by atoms with Gasteiger partial charge in [-0.25, -0.2) is 8.78 Å². The Morgan fingerprint density at radius 1 is 0.925 bits per heavy atom. The fourth-order valence-electron chi connectivity index (χ4n) is 10.8. The number of nitrogens with one attached hydrogen (secondary N) is 2. The molecule has 1 fully saturated rings. The second-order valence-corrected chi connectivity index (χ2v) is 24.1. The Balaban J connectivity index is 0.00000352. The largest absolute Gasteiger partial charge is 0.501 e. The summed E-state index contributed by atoms with van der Waals surface area (Å²) in [6.45, 7) is 55.9. The molecule has 1 aliphatic heterocycles. The highest BCUT2D eigenvalue weighted by Crippen LogP contribution is 2.44. The first kappa shape index (κ1) is 70.9. The molecule has 0 radical (unpaired) electrons. The maximum atomic E-state index is 15.2. The average molecular weight is 1110 g/mol. The van der Waals surface area contributed by atoms with Crippen LogP contribution in [-0.2, 0) is 24.1 Å². The summed E-state index contributed by atoms with van der Waals surface area (Å²) in [7, 11) is 5.59. The molecule has 446 valence electrons. The van der Waals surface area contributed by atoms with Crippen molar-refractivity contribution in [3.05, 3.63) is 127 Å². The zero-order valence-electron chi connectivity index (χ0n) is 53.5. The van der Waals surface area contributed by atoms with Gasteiger partial charge in [0.2, 0.25) is 0 Å². The number of hydrogen-bond donors (Lipinski definition) is 4. The van der Waals surface area contributed by atoms with E-state index < -0.39 is 6.43 Å². The van der Waals surface area contributed by atoms with Crippen molar-refractivity contribution in [3.63, 3.8) is 0 Å². The molecule has 11 heteroatoms. The van der Waals surface area contributed by atoms with E-state index in [0.717, 1.165) is 107 Å². The molecule has 6 N–H and O–H groups in total. The van der Waals surface area contributed by atoms with Crippen molar-refractivity contribution in [1.82, 2.24) is 30.1 Å². The molecule has 0 spiro atoms. The normalized spacial score (nSPS) is 13.9. The van der Waals surface area contributed by atoms with Crippen molar-refractivity contribution >= 4 is 10.9 Å². The van der Waals surface area contributed by atoms with E-state index in [1.807, 2.05) is 54.1 Å². The molecule has 2 aromatic carbocycles. The first-order valence-corrected chi connectivity index (χ1v) is 29.8. The number of aromatic nitrogens is 2. The Hall–Kier alpha value is -5.25. The molecular weight excluding hydrogens is 995 g/mol. The van der Waals surface area contributed by atoms with Crippen molar-refractivity contribution < 1.29 is 13.5 Å². The molecule has 3 atom stereocenters. The van der Waals surface area contributed by atoms with Crippen molar-refractivity contribution in [1.29, 1.82) is 0 Å². The van der Waals surface area contributed by atoms with Crippen LogP contribution in [0.1, 0.15) is 171 Å². The van der Waals surface area contributed by atoms with Gasteiger partial charge in [-0.05, 0) is 169 Å². The summed E-state index contributed by atoms with van der Waals surface area (Å²) >= 11 is 0. The number of ether oxygens (including phenoxy) is 1. The van der Waals surface area contributed by atoms with Crippen LogP contribution >= 0.6 is 0 Å². The summed E-state index contributed by atoms with van der Waals surface area (Å²) in [6, 6.07) is 16.1. The van der Waals surface area contributed by atoms with E-state index in [9.17, 15) is 0 Å². The quantitative estimate of drug-likeness (QED) is 0.0111. The van der Waals surface area contributed by atoms with Crippen molar-refractivity contribution in [2.24, 2.45) is 46.1 Å². The predicted octanol–water partition coefficient (Wildman–Crippen LogP) is 16.1. The van der Waals surface area contributed by atoms with Crippen LogP contribution in [0.5, 0.6) is 0 Å². The van der Waals surface area contributed by atoms with E-state index in [-0.39, 0.29) is 45.7 Å². The highest BCUT2D eigenvalue weighted by molar-refractivity contribution is 5.95. The van der Waals surface area contributed by atoms with E-state index >= 15 is 8.78 Å².